The Bertz CT molecular complexity index is 1100. The van der Waals surface area contributed by atoms with Gasteiger partial charge in [0.1, 0.15) is 5.75 Å². The van der Waals surface area contributed by atoms with Crippen molar-refractivity contribution in [3.63, 3.8) is 0 Å². The lowest BCUT2D eigenvalue weighted by atomic mass is 10.1. The van der Waals surface area contributed by atoms with Crippen molar-refractivity contribution in [2.24, 2.45) is 0 Å². The largest absolute Gasteiger partial charge is 0.494 e. The number of hydrogen-bond acceptors (Lipinski definition) is 3. The van der Waals surface area contributed by atoms with Gasteiger partial charge in [0.25, 0.3) is 5.91 Å². The number of hydrogen-bond donors (Lipinski definition) is 1. The van der Waals surface area contributed by atoms with Crippen molar-refractivity contribution in [3.05, 3.63) is 87.9 Å². The molecule has 0 heterocycles. The van der Waals surface area contributed by atoms with E-state index in [-0.39, 0.29) is 16.3 Å². The molecule has 1 N–H and O–H groups in total. The molecular formula is C24H21ClF3NO2S. The van der Waals surface area contributed by atoms with Crippen LogP contribution in [-0.2, 0) is 11.9 Å². The Balaban J connectivity index is 1.84. The van der Waals surface area contributed by atoms with Crippen LogP contribution < -0.4 is 10.1 Å². The SMILES string of the molecule is CCOc1ccc(C(=O)Nc2ccc(Cl)cc2C(F)(F)F)cc1CSc1ccc(C)cc1. The van der Waals surface area contributed by atoms with E-state index in [1.54, 1.807) is 23.9 Å². The van der Waals surface area contributed by atoms with E-state index in [9.17, 15) is 18.0 Å². The average molecular weight is 480 g/mol. The van der Waals surface area contributed by atoms with Crippen molar-refractivity contribution in [2.75, 3.05) is 11.9 Å². The highest BCUT2D eigenvalue weighted by atomic mass is 35.5. The van der Waals surface area contributed by atoms with Crippen molar-refractivity contribution in [3.8, 4) is 5.75 Å². The summed E-state index contributed by atoms with van der Waals surface area (Å²) in [6, 6.07) is 16.1. The van der Waals surface area contributed by atoms with E-state index in [4.69, 9.17) is 16.3 Å². The molecule has 0 radical (unpaired) electrons. The highest BCUT2D eigenvalue weighted by Gasteiger charge is 2.34. The summed E-state index contributed by atoms with van der Waals surface area (Å²) >= 11 is 7.29. The third kappa shape index (κ3) is 6.20. The van der Waals surface area contributed by atoms with E-state index < -0.39 is 17.6 Å². The number of aryl methyl sites for hydroxylation is 1. The van der Waals surface area contributed by atoms with Gasteiger partial charge in [0.15, 0.2) is 0 Å². The molecule has 0 aliphatic rings. The average Bonchev–Trinajstić information content (AvgIpc) is 2.74. The normalized spacial score (nSPS) is 11.3. The van der Waals surface area contributed by atoms with Crippen LogP contribution in [-0.4, -0.2) is 12.5 Å². The summed E-state index contributed by atoms with van der Waals surface area (Å²) in [7, 11) is 0. The zero-order chi connectivity index (χ0) is 23.3. The van der Waals surface area contributed by atoms with Gasteiger partial charge in [-0.25, -0.2) is 0 Å². The molecule has 0 saturated heterocycles. The van der Waals surface area contributed by atoms with E-state index in [1.165, 1.54) is 12.1 Å². The van der Waals surface area contributed by atoms with E-state index in [1.807, 2.05) is 38.1 Å². The zero-order valence-electron chi connectivity index (χ0n) is 17.4. The van der Waals surface area contributed by atoms with Gasteiger partial charge in [0.05, 0.1) is 17.9 Å². The molecule has 32 heavy (non-hydrogen) atoms. The Hall–Kier alpha value is -2.64. The van der Waals surface area contributed by atoms with Crippen LogP contribution in [0.25, 0.3) is 0 Å². The van der Waals surface area contributed by atoms with Gasteiger partial charge in [-0.15, -0.1) is 11.8 Å². The highest BCUT2D eigenvalue weighted by Crippen LogP contribution is 2.37. The molecule has 3 aromatic carbocycles. The van der Waals surface area contributed by atoms with Crippen LogP contribution in [0, 0.1) is 6.92 Å². The number of amides is 1. The quantitative estimate of drug-likeness (QED) is 0.354. The number of thioether (sulfide) groups is 1. The van der Waals surface area contributed by atoms with Crippen molar-refractivity contribution in [1.29, 1.82) is 0 Å². The number of alkyl halides is 3. The Morgan fingerprint density at radius 2 is 1.78 bits per heavy atom. The Morgan fingerprint density at radius 1 is 1.06 bits per heavy atom. The van der Waals surface area contributed by atoms with Crippen LogP contribution in [0.4, 0.5) is 18.9 Å². The third-order valence-corrected chi connectivity index (χ3v) is 5.87. The summed E-state index contributed by atoms with van der Waals surface area (Å²) in [4.78, 5) is 13.8. The Labute approximate surface area is 193 Å². The predicted molar refractivity (Wildman–Crippen MR) is 123 cm³/mol. The summed E-state index contributed by atoms with van der Waals surface area (Å²) in [5.41, 5.74) is 0.813. The van der Waals surface area contributed by atoms with Gasteiger partial charge in [0, 0.05) is 26.8 Å². The number of nitrogens with one attached hydrogen (secondary N) is 1. The molecule has 1 amide bonds. The van der Waals surface area contributed by atoms with E-state index >= 15 is 0 Å². The first-order valence-electron chi connectivity index (χ1n) is 9.80. The van der Waals surface area contributed by atoms with Crippen LogP contribution in [0.2, 0.25) is 5.02 Å². The van der Waals surface area contributed by atoms with Crippen LogP contribution in [0.5, 0.6) is 5.75 Å². The maximum Gasteiger partial charge on any atom is 0.418 e. The lowest BCUT2D eigenvalue weighted by molar-refractivity contribution is -0.136. The molecule has 0 fully saturated rings. The molecule has 0 aliphatic carbocycles. The topological polar surface area (TPSA) is 38.3 Å². The standard InChI is InChI=1S/C24H21ClF3NO2S/c1-3-31-22-11-6-16(12-17(22)14-32-19-8-4-15(2)5-9-19)23(30)29-21-10-7-18(25)13-20(21)24(26,27)28/h4-13H,3,14H2,1-2H3,(H,29,30). The molecule has 8 heteroatoms. The minimum atomic E-state index is -4.65. The fourth-order valence-corrected chi connectivity index (χ4v) is 4.03. The molecule has 0 atom stereocenters. The molecule has 3 rings (SSSR count). The third-order valence-electron chi connectivity index (χ3n) is 4.57. The monoisotopic (exact) mass is 479 g/mol. The van der Waals surface area contributed by atoms with Gasteiger partial charge in [-0.1, -0.05) is 29.3 Å². The fourth-order valence-electron chi connectivity index (χ4n) is 2.98. The molecule has 0 unspecified atom stereocenters. The fraction of sp³-hybridized carbons (Fsp3) is 0.208. The molecule has 168 valence electrons. The summed E-state index contributed by atoms with van der Waals surface area (Å²) < 4.78 is 45.7. The first-order chi connectivity index (χ1) is 15.2. The second-order valence-electron chi connectivity index (χ2n) is 7.00. The molecule has 0 aliphatic heterocycles. The van der Waals surface area contributed by atoms with Gasteiger partial charge in [-0.05, 0) is 62.4 Å². The minimum Gasteiger partial charge on any atom is -0.494 e. The molecule has 0 saturated carbocycles. The number of ether oxygens (including phenoxy) is 1. The van der Waals surface area contributed by atoms with Crippen molar-refractivity contribution in [2.45, 2.75) is 30.7 Å². The Morgan fingerprint density at radius 3 is 2.44 bits per heavy atom. The summed E-state index contributed by atoms with van der Waals surface area (Å²) in [6.07, 6.45) is -4.65. The van der Waals surface area contributed by atoms with Crippen LogP contribution in [0.15, 0.2) is 65.6 Å². The number of halogens is 4. The van der Waals surface area contributed by atoms with E-state index in [2.05, 4.69) is 5.32 Å². The van der Waals surface area contributed by atoms with Gasteiger partial charge >= 0.3 is 6.18 Å². The van der Waals surface area contributed by atoms with E-state index in [0.717, 1.165) is 28.2 Å². The zero-order valence-corrected chi connectivity index (χ0v) is 19.0. The molecule has 0 aromatic heterocycles. The maximum atomic E-state index is 13.3. The molecule has 0 bridgehead atoms. The number of rotatable bonds is 7. The van der Waals surface area contributed by atoms with Crippen molar-refractivity contribution >= 4 is 35.0 Å². The van der Waals surface area contributed by atoms with Crippen molar-refractivity contribution < 1.29 is 22.7 Å². The molecular weight excluding hydrogens is 459 g/mol. The highest BCUT2D eigenvalue weighted by molar-refractivity contribution is 7.98. The van der Waals surface area contributed by atoms with Crippen LogP contribution >= 0.6 is 23.4 Å². The van der Waals surface area contributed by atoms with Gasteiger partial charge in [-0.2, -0.15) is 13.2 Å². The second kappa shape index (κ2) is 10.3. The van der Waals surface area contributed by atoms with Gasteiger partial charge < -0.3 is 10.1 Å². The summed E-state index contributed by atoms with van der Waals surface area (Å²) in [6.45, 7) is 4.32. The first kappa shape index (κ1) is 24.0. The smallest absolute Gasteiger partial charge is 0.418 e. The van der Waals surface area contributed by atoms with Crippen LogP contribution in [0.1, 0.15) is 34.0 Å². The molecule has 3 nitrogen and oxygen atoms in total. The van der Waals surface area contributed by atoms with E-state index in [0.29, 0.717) is 18.1 Å². The lowest BCUT2D eigenvalue weighted by Crippen LogP contribution is -2.17. The predicted octanol–water partition coefficient (Wildman–Crippen LogP) is 7.61. The molecule has 0 spiro atoms. The second-order valence-corrected chi connectivity index (χ2v) is 8.48. The summed E-state index contributed by atoms with van der Waals surface area (Å²) in [5, 5.41) is 2.29. The van der Waals surface area contributed by atoms with Gasteiger partial charge in [-0.3, -0.25) is 4.79 Å². The molecule has 3 aromatic rings. The summed E-state index contributed by atoms with van der Waals surface area (Å²) in [5.74, 6) is 0.516. The van der Waals surface area contributed by atoms with Crippen LogP contribution in [0.3, 0.4) is 0 Å². The number of carbonyl (C=O) groups is 1. The number of anilines is 1. The van der Waals surface area contributed by atoms with Gasteiger partial charge in [0.2, 0.25) is 0 Å². The van der Waals surface area contributed by atoms with Crippen molar-refractivity contribution in [1.82, 2.24) is 0 Å². The minimum absolute atomic E-state index is 0.0631. The maximum absolute atomic E-state index is 13.3. The number of benzene rings is 3. The Kier molecular flexibility index (Phi) is 7.74. The number of carbonyl (C=O) groups excluding carboxylic acids is 1. The first-order valence-corrected chi connectivity index (χ1v) is 11.2. The lowest BCUT2D eigenvalue weighted by Gasteiger charge is -2.15.